The van der Waals surface area contributed by atoms with E-state index in [0.717, 1.165) is 11.1 Å². The van der Waals surface area contributed by atoms with Gasteiger partial charge in [-0.25, -0.2) is 0 Å². The SMILES string of the molecule is O=C(CN1CSCC1=O)NCCOc1ccc2ccccc2c1. The van der Waals surface area contributed by atoms with Gasteiger partial charge in [0, 0.05) is 0 Å². The zero-order chi connectivity index (χ0) is 16.1. The van der Waals surface area contributed by atoms with Gasteiger partial charge in [-0.1, -0.05) is 30.3 Å². The van der Waals surface area contributed by atoms with Gasteiger partial charge in [-0.05, 0) is 22.9 Å². The quantitative estimate of drug-likeness (QED) is 0.822. The Kier molecular flexibility index (Phi) is 5.02. The van der Waals surface area contributed by atoms with E-state index in [9.17, 15) is 9.59 Å². The van der Waals surface area contributed by atoms with Crippen LogP contribution < -0.4 is 10.1 Å². The van der Waals surface area contributed by atoms with Crippen molar-refractivity contribution in [2.45, 2.75) is 0 Å². The van der Waals surface area contributed by atoms with Gasteiger partial charge in [-0.2, -0.15) is 0 Å². The predicted octanol–water partition coefficient (Wildman–Crippen LogP) is 1.87. The van der Waals surface area contributed by atoms with Crippen LogP contribution in [0.4, 0.5) is 0 Å². The number of benzene rings is 2. The van der Waals surface area contributed by atoms with Crippen LogP contribution in [0, 0.1) is 0 Å². The summed E-state index contributed by atoms with van der Waals surface area (Å²) in [7, 11) is 0. The van der Waals surface area contributed by atoms with Crippen molar-refractivity contribution < 1.29 is 14.3 Å². The average Bonchev–Trinajstić information content (AvgIpc) is 2.96. The first-order valence-electron chi connectivity index (χ1n) is 7.46. The smallest absolute Gasteiger partial charge is 0.239 e. The monoisotopic (exact) mass is 330 g/mol. The van der Waals surface area contributed by atoms with Crippen molar-refractivity contribution in [3.8, 4) is 5.75 Å². The van der Waals surface area contributed by atoms with Gasteiger partial charge < -0.3 is 15.0 Å². The van der Waals surface area contributed by atoms with Crippen LogP contribution in [0.2, 0.25) is 0 Å². The van der Waals surface area contributed by atoms with E-state index in [0.29, 0.717) is 24.8 Å². The molecule has 1 aliphatic heterocycles. The minimum absolute atomic E-state index is 0.0255. The Labute approximate surface area is 139 Å². The molecular weight excluding hydrogens is 312 g/mol. The summed E-state index contributed by atoms with van der Waals surface area (Å²) in [5, 5.41) is 5.06. The van der Waals surface area contributed by atoms with E-state index in [1.54, 1.807) is 4.90 Å². The molecule has 1 aliphatic rings. The molecule has 0 aliphatic carbocycles. The maximum absolute atomic E-state index is 11.8. The first kappa shape index (κ1) is 15.7. The van der Waals surface area contributed by atoms with E-state index in [1.807, 2.05) is 36.4 Å². The molecule has 2 aromatic rings. The number of thioether (sulfide) groups is 1. The Hall–Kier alpha value is -2.21. The summed E-state index contributed by atoms with van der Waals surface area (Å²) in [6, 6.07) is 14.0. The minimum Gasteiger partial charge on any atom is -0.492 e. The highest BCUT2D eigenvalue weighted by molar-refractivity contribution is 8.00. The second-order valence-corrected chi connectivity index (χ2v) is 6.23. The highest BCUT2D eigenvalue weighted by Crippen LogP contribution is 2.20. The van der Waals surface area contributed by atoms with E-state index in [2.05, 4.69) is 11.4 Å². The van der Waals surface area contributed by atoms with E-state index in [1.165, 1.54) is 17.1 Å². The molecule has 0 aromatic heterocycles. The van der Waals surface area contributed by atoms with Crippen molar-refractivity contribution in [1.29, 1.82) is 0 Å². The number of rotatable bonds is 6. The molecule has 1 N–H and O–H groups in total. The van der Waals surface area contributed by atoms with Gasteiger partial charge >= 0.3 is 0 Å². The first-order valence-corrected chi connectivity index (χ1v) is 8.62. The summed E-state index contributed by atoms with van der Waals surface area (Å²) >= 11 is 1.53. The molecule has 1 heterocycles. The average molecular weight is 330 g/mol. The third kappa shape index (κ3) is 4.16. The first-order chi connectivity index (χ1) is 11.2. The summed E-state index contributed by atoms with van der Waals surface area (Å²) in [5.74, 6) is 1.72. The van der Waals surface area contributed by atoms with Crippen molar-refractivity contribution in [2.75, 3.05) is 31.3 Å². The number of hydrogen-bond donors (Lipinski definition) is 1. The molecule has 1 fully saturated rings. The van der Waals surface area contributed by atoms with E-state index >= 15 is 0 Å². The van der Waals surface area contributed by atoms with Crippen LogP contribution in [-0.2, 0) is 9.59 Å². The van der Waals surface area contributed by atoms with Crippen molar-refractivity contribution in [3.05, 3.63) is 42.5 Å². The molecule has 2 aromatic carbocycles. The van der Waals surface area contributed by atoms with Gasteiger partial charge in [-0.3, -0.25) is 9.59 Å². The van der Waals surface area contributed by atoms with Crippen molar-refractivity contribution in [3.63, 3.8) is 0 Å². The van der Waals surface area contributed by atoms with Gasteiger partial charge in [0.05, 0.1) is 18.2 Å². The maximum Gasteiger partial charge on any atom is 0.239 e. The number of ether oxygens (including phenoxy) is 1. The van der Waals surface area contributed by atoms with Crippen LogP contribution in [0.15, 0.2) is 42.5 Å². The molecule has 0 bridgehead atoms. The van der Waals surface area contributed by atoms with Crippen LogP contribution in [0.1, 0.15) is 0 Å². The number of amides is 2. The Morgan fingerprint density at radius 2 is 2.04 bits per heavy atom. The van der Waals surface area contributed by atoms with E-state index in [-0.39, 0.29) is 18.4 Å². The highest BCUT2D eigenvalue weighted by Gasteiger charge is 2.22. The molecule has 6 heteroatoms. The van der Waals surface area contributed by atoms with E-state index in [4.69, 9.17) is 4.74 Å². The van der Waals surface area contributed by atoms with Crippen molar-refractivity contribution >= 4 is 34.3 Å². The molecule has 0 radical (unpaired) electrons. The summed E-state index contributed by atoms with van der Waals surface area (Å²) in [6.07, 6.45) is 0. The van der Waals surface area contributed by atoms with Crippen LogP contribution in [0.5, 0.6) is 5.75 Å². The molecular formula is C17H18N2O3S. The number of nitrogens with one attached hydrogen (secondary N) is 1. The Balaban J connectivity index is 1.42. The Bertz CT molecular complexity index is 720. The zero-order valence-electron chi connectivity index (χ0n) is 12.7. The summed E-state index contributed by atoms with van der Waals surface area (Å²) in [5.41, 5.74) is 0. The molecule has 0 atom stereocenters. The minimum atomic E-state index is -0.150. The molecule has 3 rings (SSSR count). The normalized spacial score (nSPS) is 14.3. The lowest BCUT2D eigenvalue weighted by Gasteiger charge is -2.14. The summed E-state index contributed by atoms with van der Waals surface area (Å²) < 4.78 is 5.66. The fraction of sp³-hybridized carbons (Fsp3) is 0.294. The van der Waals surface area contributed by atoms with Gasteiger partial charge in [0.2, 0.25) is 11.8 Å². The second kappa shape index (κ2) is 7.37. The molecule has 120 valence electrons. The molecule has 23 heavy (non-hydrogen) atoms. The fourth-order valence-corrected chi connectivity index (χ4v) is 3.29. The van der Waals surface area contributed by atoms with Crippen LogP contribution in [0.3, 0.4) is 0 Å². The molecule has 0 spiro atoms. The second-order valence-electron chi connectivity index (χ2n) is 5.28. The third-order valence-corrected chi connectivity index (χ3v) is 4.52. The number of hydrogen-bond acceptors (Lipinski definition) is 4. The lowest BCUT2D eigenvalue weighted by molar-refractivity contribution is -0.132. The van der Waals surface area contributed by atoms with Gasteiger partial charge in [-0.15, -0.1) is 11.8 Å². The molecule has 0 saturated carbocycles. The molecule has 2 amide bonds. The Morgan fingerprint density at radius 3 is 2.83 bits per heavy atom. The summed E-state index contributed by atoms with van der Waals surface area (Å²) in [4.78, 5) is 24.8. The summed E-state index contributed by atoms with van der Waals surface area (Å²) in [6.45, 7) is 0.940. The molecule has 1 saturated heterocycles. The third-order valence-electron chi connectivity index (χ3n) is 3.57. The van der Waals surface area contributed by atoms with Crippen LogP contribution >= 0.6 is 11.8 Å². The molecule has 0 unspecified atom stereocenters. The lowest BCUT2D eigenvalue weighted by Crippen LogP contribution is -2.39. The zero-order valence-corrected chi connectivity index (χ0v) is 13.5. The number of nitrogens with zero attached hydrogens (tertiary/aromatic N) is 1. The molecule has 5 nitrogen and oxygen atoms in total. The van der Waals surface area contributed by atoms with Crippen LogP contribution in [-0.4, -0.2) is 48.0 Å². The number of fused-ring (bicyclic) bond motifs is 1. The number of carbonyl (C=O) groups is 2. The van der Waals surface area contributed by atoms with Gasteiger partial charge in [0.25, 0.3) is 0 Å². The van der Waals surface area contributed by atoms with E-state index < -0.39 is 0 Å². The van der Waals surface area contributed by atoms with Crippen molar-refractivity contribution in [1.82, 2.24) is 10.2 Å². The highest BCUT2D eigenvalue weighted by atomic mass is 32.2. The lowest BCUT2D eigenvalue weighted by atomic mass is 10.1. The van der Waals surface area contributed by atoms with Crippen molar-refractivity contribution in [2.24, 2.45) is 0 Å². The predicted molar refractivity (Wildman–Crippen MR) is 91.5 cm³/mol. The standard InChI is InChI=1S/C17H18N2O3S/c20-16(10-19-12-23-11-17(19)21)18-7-8-22-15-6-5-13-3-1-2-4-14(13)9-15/h1-6,9H,7-8,10-12H2,(H,18,20). The fourth-order valence-electron chi connectivity index (χ4n) is 2.39. The van der Waals surface area contributed by atoms with Crippen LogP contribution in [0.25, 0.3) is 10.8 Å². The van der Waals surface area contributed by atoms with Gasteiger partial charge in [0.15, 0.2) is 0 Å². The topological polar surface area (TPSA) is 58.6 Å². The van der Waals surface area contributed by atoms with Gasteiger partial charge in [0.1, 0.15) is 18.9 Å². The maximum atomic E-state index is 11.8. The largest absolute Gasteiger partial charge is 0.492 e. The number of carbonyl (C=O) groups excluding carboxylic acids is 2. The Morgan fingerprint density at radius 1 is 1.22 bits per heavy atom.